The highest BCUT2D eigenvalue weighted by Crippen LogP contribution is 2.02. The average Bonchev–Trinajstić information content (AvgIpc) is 2.33. The Morgan fingerprint density at radius 1 is 1.26 bits per heavy atom. The van der Waals surface area contributed by atoms with E-state index in [9.17, 15) is 9.59 Å². The SMILES string of the molecule is CSCC[C@H](NC(=O)N(C)CCCN(C)C)C(=O)O. The highest BCUT2D eigenvalue weighted by molar-refractivity contribution is 7.98. The van der Waals surface area contributed by atoms with E-state index in [0.29, 0.717) is 18.7 Å². The zero-order chi connectivity index (χ0) is 14.8. The Labute approximate surface area is 119 Å². The second kappa shape index (κ2) is 9.91. The summed E-state index contributed by atoms with van der Waals surface area (Å²) in [6.45, 7) is 1.51. The van der Waals surface area contributed by atoms with Gasteiger partial charge in [0.25, 0.3) is 0 Å². The number of carboxylic acid groups (broad SMARTS) is 1. The number of nitrogens with zero attached hydrogens (tertiary/aromatic N) is 2. The first-order chi connectivity index (χ1) is 8.88. The van der Waals surface area contributed by atoms with Crippen molar-refractivity contribution in [1.82, 2.24) is 15.1 Å². The van der Waals surface area contributed by atoms with Crippen molar-refractivity contribution in [2.24, 2.45) is 0 Å². The fourth-order valence-electron chi connectivity index (χ4n) is 1.48. The molecular formula is C12H25N3O3S. The highest BCUT2D eigenvalue weighted by atomic mass is 32.2. The van der Waals surface area contributed by atoms with E-state index < -0.39 is 12.0 Å². The van der Waals surface area contributed by atoms with E-state index in [2.05, 4.69) is 5.32 Å². The van der Waals surface area contributed by atoms with Crippen molar-refractivity contribution >= 4 is 23.8 Å². The molecular weight excluding hydrogens is 266 g/mol. The van der Waals surface area contributed by atoms with Gasteiger partial charge in [0.05, 0.1) is 0 Å². The van der Waals surface area contributed by atoms with Crippen molar-refractivity contribution in [2.75, 3.05) is 46.2 Å². The Hall–Kier alpha value is -0.950. The molecule has 0 aliphatic rings. The van der Waals surface area contributed by atoms with Crippen LogP contribution in [0.5, 0.6) is 0 Å². The second-order valence-corrected chi connectivity index (χ2v) is 5.69. The van der Waals surface area contributed by atoms with Gasteiger partial charge in [0.1, 0.15) is 6.04 Å². The Kier molecular flexibility index (Phi) is 9.42. The van der Waals surface area contributed by atoms with Crippen LogP contribution in [0.25, 0.3) is 0 Å². The summed E-state index contributed by atoms with van der Waals surface area (Å²) in [5, 5.41) is 11.6. The van der Waals surface area contributed by atoms with E-state index >= 15 is 0 Å². The van der Waals surface area contributed by atoms with E-state index in [0.717, 1.165) is 13.0 Å². The van der Waals surface area contributed by atoms with E-state index in [4.69, 9.17) is 5.11 Å². The van der Waals surface area contributed by atoms with E-state index in [1.54, 1.807) is 18.8 Å². The molecule has 0 unspecified atom stereocenters. The normalized spacial score (nSPS) is 12.3. The van der Waals surface area contributed by atoms with Gasteiger partial charge in [-0.3, -0.25) is 0 Å². The van der Waals surface area contributed by atoms with Gasteiger partial charge in [-0.25, -0.2) is 9.59 Å². The lowest BCUT2D eigenvalue weighted by atomic mass is 10.2. The molecule has 0 rings (SSSR count). The third-order valence-electron chi connectivity index (χ3n) is 2.65. The predicted molar refractivity (Wildman–Crippen MR) is 78.8 cm³/mol. The van der Waals surface area contributed by atoms with Crippen molar-refractivity contribution in [3.63, 3.8) is 0 Å². The summed E-state index contributed by atoms with van der Waals surface area (Å²) in [7, 11) is 5.63. The van der Waals surface area contributed by atoms with Gasteiger partial charge in [-0.1, -0.05) is 0 Å². The third kappa shape index (κ3) is 8.72. The quantitative estimate of drug-likeness (QED) is 0.657. The first kappa shape index (κ1) is 18.0. The maximum Gasteiger partial charge on any atom is 0.326 e. The molecule has 112 valence electrons. The molecule has 0 heterocycles. The number of nitrogens with one attached hydrogen (secondary N) is 1. The second-order valence-electron chi connectivity index (χ2n) is 4.70. The Morgan fingerprint density at radius 3 is 2.37 bits per heavy atom. The zero-order valence-corrected chi connectivity index (χ0v) is 13.0. The largest absolute Gasteiger partial charge is 0.480 e. The monoisotopic (exact) mass is 291 g/mol. The molecule has 0 aromatic rings. The molecule has 19 heavy (non-hydrogen) atoms. The molecule has 0 saturated heterocycles. The molecule has 0 fully saturated rings. The first-order valence-electron chi connectivity index (χ1n) is 6.26. The number of urea groups is 1. The van der Waals surface area contributed by atoms with E-state index in [1.807, 2.05) is 25.3 Å². The van der Waals surface area contributed by atoms with Crippen LogP contribution in [-0.2, 0) is 4.79 Å². The third-order valence-corrected chi connectivity index (χ3v) is 3.30. The molecule has 0 radical (unpaired) electrons. The summed E-state index contributed by atoms with van der Waals surface area (Å²) in [5.74, 6) is -0.272. The Balaban J connectivity index is 4.12. The molecule has 1 atom stereocenters. The summed E-state index contributed by atoms with van der Waals surface area (Å²) < 4.78 is 0. The van der Waals surface area contributed by atoms with Gasteiger partial charge >= 0.3 is 12.0 Å². The summed E-state index contributed by atoms with van der Waals surface area (Å²) in [6.07, 6.45) is 3.21. The van der Waals surface area contributed by atoms with Crippen LogP contribution >= 0.6 is 11.8 Å². The minimum absolute atomic E-state index is 0.327. The van der Waals surface area contributed by atoms with Crippen LogP contribution in [0.1, 0.15) is 12.8 Å². The highest BCUT2D eigenvalue weighted by Gasteiger charge is 2.20. The van der Waals surface area contributed by atoms with Gasteiger partial charge in [0, 0.05) is 13.6 Å². The van der Waals surface area contributed by atoms with Crippen molar-refractivity contribution in [3.8, 4) is 0 Å². The Bertz CT molecular complexity index is 287. The molecule has 7 heteroatoms. The number of hydrogen-bond donors (Lipinski definition) is 2. The summed E-state index contributed by atoms with van der Waals surface area (Å²) in [4.78, 5) is 26.4. The standard InChI is InChI=1S/C12H25N3O3S/c1-14(2)7-5-8-15(3)12(18)13-10(11(16)17)6-9-19-4/h10H,5-9H2,1-4H3,(H,13,18)(H,16,17)/t10-/m0/s1. The van der Waals surface area contributed by atoms with Gasteiger partial charge in [0.2, 0.25) is 0 Å². The molecule has 0 saturated carbocycles. The van der Waals surface area contributed by atoms with Gasteiger partial charge in [0.15, 0.2) is 0 Å². The van der Waals surface area contributed by atoms with Crippen LogP contribution in [0.3, 0.4) is 0 Å². The van der Waals surface area contributed by atoms with Crippen molar-refractivity contribution in [1.29, 1.82) is 0 Å². The molecule has 2 amide bonds. The van der Waals surface area contributed by atoms with Gasteiger partial charge in [-0.2, -0.15) is 11.8 Å². The fourth-order valence-corrected chi connectivity index (χ4v) is 1.95. The number of hydrogen-bond acceptors (Lipinski definition) is 4. The fraction of sp³-hybridized carbons (Fsp3) is 0.833. The number of carbonyl (C=O) groups is 2. The van der Waals surface area contributed by atoms with Crippen molar-refractivity contribution in [3.05, 3.63) is 0 Å². The van der Waals surface area contributed by atoms with Crippen LogP contribution in [0, 0.1) is 0 Å². The summed E-state index contributed by atoms with van der Waals surface area (Å²) in [6, 6.07) is -1.14. The molecule has 0 aromatic carbocycles. The molecule has 0 bridgehead atoms. The number of carbonyl (C=O) groups excluding carboxylic acids is 1. The minimum Gasteiger partial charge on any atom is -0.480 e. The van der Waals surface area contributed by atoms with Crippen molar-refractivity contribution in [2.45, 2.75) is 18.9 Å². The van der Waals surface area contributed by atoms with Crippen molar-refractivity contribution < 1.29 is 14.7 Å². The lowest BCUT2D eigenvalue weighted by Crippen LogP contribution is -2.47. The minimum atomic E-state index is -0.982. The smallest absolute Gasteiger partial charge is 0.326 e. The number of carboxylic acids is 1. The van der Waals surface area contributed by atoms with Crippen LogP contribution in [0.15, 0.2) is 0 Å². The lowest BCUT2D eigenvalue weighted by molar-refractivity contribution is -0.139. The molecule has 0 aliphatic heterocycles. The Morgan fingerprint density at radius 2 is 1.89 bits per heavy atom. The van der Waals surface area contributed by atoms with Crippen LogP contribution in [0.4, 0.5) is 4.79 Å². The number of aliphatic carboxylic acids is 1. The lowest BCUT2D eigenvalue weighted by Gasteiger charge is -2.22. The number of thioether (sulfide) groups is 1. The maximum absolute atomic E-state index is 11.8. The molecule has 0 aromatic heterocycles. The average molecular weight is 291 g/mol. The number of amides is 2. The molecule has 0 spiro atoms. The summed E-state index contributed by atoms with van der Waals surface area (Å²) >= 11 is 1.57. The van der Waals surface area contributed by atoms with Crippen LogP contribution < -0.4 is 5.32 Å². The molecule has 2 N–H and O–H groups in total. The predicted octanol–water partition coefficient (Wildman–Crippen LogP) is 0.786. The van der Waals surface area contributed by atoms with E-state index in [1.165, 1.54) is 4.90 Å². The van der Waals surface area contributed by atoms with Gasteiger partial charge in [-0.05, 0) is 45.5 Å². The first-order valence-corrected chi connectivity index (χ1v) is 7.66. The van der Waals surface area contributed by atoms with Gasteiger partial charge < -0.3 is 20.2 Å². The zero-order valence-electron chi connectivity index (χ0n) is 12.2. The molecule has 6 nitrogen and oxygen atoms in total. The van der Waals surface area contributed by atoms with Crippen LogP contribution in [-0.4, -0.2) is 79.2 Å². The summed E-state index contributed by atoms with van der Waals surface area (Å²) in [5.41, 5.74) is 0. The van der Waals surface area contributed by atoms with E-state index in [-0.39, 0.29) is 6.03 Å². The van der Waals surface area contributed by atoms with Crippen LogP contribution in [0.2, 0.25) is 0 Å². The topological polar surface area (TPSA) is 72.9 Å². The number of rotatable bonds is 9. The van der Waals surface area contributed by atoms with Gasteiger partial charge in [-0.15, -0.1) is 0 Å². The maximum atomic E-state index is 11.8. The molecule has 0 aliphatic carbocycles.